The smallest absolute Gasteiger partial charge is 0.0227 e. The van der Waals surface area contributed by atoms with Gasteiger partial charge in [-0.3, -0.25) is 0 Å². The largest absolute Gasteiger partial charge is 0.134 e. The first-order valence-corrected chi connectivity index (χ1v) is 26.0. The fourth-order valence-corrected chi connectivity index (χ4v) is 19.4. The first kappa shape index (κ1) is 41.6. The van der Waals surface area contributed by atoms with Crippen molar-refractivity contribution in [2.45, 2.75) is 197 Å². The van der Waals surface area contributed by atoms with E-state index in [4.69, 9.17) is 0 Å². The second-order valence-corrected chi connectivity index (χ2v) is 23.9. The van der Waals surface area contributed by atoms with Crippen LogP contribution in [0.4, 0.5) is 0 Å². The van der Waals surface area contributed by atoms with Gasteiger partial charge in [0.2, 0.25) is 0 Å². The molecule has 7 rings (SSSR count). The van der Waals surface area contributed by atoms with Crippen molar-refractivity contribution in [2.75, 3.05) is 0 Å². The number of hydrogen-bond donors (Lipinski definition) is 0. The molecule has 7 saturated carbocycles. The van der Waals surface area contributed by atoms with Crippen molar-refractivity contribution in [2.24, 2.45) is 130 Å². The Kier molecular flexibility index (Phi) is 13.9. The highest BCUT2D eigenvalue weighted by Gasteiger charge is 2.63. The minimum absolute atomic E-state index is 0.819. The van der Waals surface area contributed by atoms with Gasteiger partial charge in [0.1, 0.15) is 0 Å². The van der Waals surface area contributed by atoms with E-state index >= 15 is 0 Å². The summed E-state index contributed by atoms with van der Waals surface area (Å²) in [6.07, 6.45) is 29.2. The van der Waals surface area contributed by atoms with Gasteiger partial charge >= 0.3 is 0 Å². The van der Waals surface area contributed by atoms with Crippen LogP contribution in [-0.4, -0.2) is 5.66 Å². The summed E-state index contributed by atoms with van der Waals surface area (Å²) in [5.74, 6) is 21.4. The Balaban J connectivity index is 1.38. The molecule has 19 atom stereocenters. The fraction of sp³-hybridized carbons (Fsp3) is 1.00. The maximum absolute atomic E-state index is 3.70. The second kappa shape index (κ2) is 17.7. The van der Waals surface area contributed by atoms with E-state index in [1.807, 2.05) is 0 Å². The quantitative estimate of drug-likeness (QED) is 0.185. The van der Waals surface area contributed by atoms with E-state index in [0.29, 0.717) is 0 Å². The van der Waals surface area contributed by atoms with E-state index in [1.54, 1.807) is 70.6 Å². The van der Waals surface area contributed by atoms with Crippen LogP contribution < -0.4 is 0 Å². The summed E-state index contributed by atoms with van der Waals surface area (Å²) < 4.78 is 0. The molecule has 7 fully saturated rings. The van der Waals surface area contributed by atoms with Gasteiger partial charge in [0, 0.05) is 0 Å². The van der Waals surface area contributed by atoms with Gasteiger partial charge in [-0.15, -0.1) is 9.24 Å². The van der Waals surface area contributed by atoms with Crippen molar-refractivity contribution < 1.29 is 0 Å². The number of hydrogen-bond acceptors (Lipinski definition) is 0. The van der Waals surface area contributed by atoms with Crippen LogP contribution in [0.15, 0.2) is 0 Å². The zero-order chi connectivity index (χ0) is 37.7. The maximum atomic E-state index is 3.70. The lowest BCUT2D eigenvalue weighted by Gasteiger charge is -2.62. The minimum atomic E-state index is 0.819. The average molecular weight is 749 g/mol. The monoisotopic (exact) mass is 749 g/mol. The van der Waals surface area contributed by atoms with Gasteiger partial charge in [-0.05, 0) is 200 Å². The van der Waals surface area contributed by atoms with Crippen molar-refractivity contribution in [1.29, 1.82) is 0 Å². The predicted octanol–water partition coefficient (Wildman–Crippen LogP) is 15.5. The molecule has 0 bridgehead atoms. The predicted molar refractivity (Wildman–Crippen MR) is 235 cm³/mol. The molecule has 306 valence electrons. The average Bonchev–Trinajstić information content (AvgIpc) is 3.53. The lowest BCUT2D eigenvalue weighted by molar-refractivity contribution is -0.128. The molecule has 0 heterocycles. The van der Waals surface area contributed by atoms with Gasteiger partial charge in [0.15, 0.2) is 0 Å². The zero-order valence-corrected chi connectivity index (χ0v) is 38.4. The molecule has 0 aromatic carbocycles. The Morgan fingerprint density at radius 1 is 0.415 bits per heavy atom. The molecule has 0 amide bonds. The maximum Gasteiger partial charge on any atom is -0.0227 e. The third-order valence-corrected chi connectivity index (χ3v) is 21.2. The molecular formula is C52H93P. The van der Waals surface area contributed by atoms with Gasteiger partial charge in [0.05, 0.1) is 0 Å². The van der Waals surface area contributed by atoms with Crippen LogP contribution >= 0.6 is 9.24 Å². The molecule has 0 radical (unpaired) electrons. The van der Waals surface area contributed by atoms with Crippen molar-refractivity contribution in [3.8, 4) is 0 Å². The normalized spacial score (nSPS) is 47.5. The van der Waals surface area contributed by atoms with E-state index in [-0.39, 0.29) is 0 Å². The van der Waals surface area contributed by atoms with Gasteiger partial charge in [-0.25, -0.2) is 0 Å². The second-order valence-electron chi connectivity index (χ2n) is 23.0. The van der Waals surface area contributed by atoms with Crippen molar-refractivity contribution in [3.05, 3.63) is 0 Å². The van der Waals surface area contributed by atoms with E-state index in [2.05, 4.69) is 78.5 Å². The molecule has 0 aromatic rings. The third kappa shape index (κ3) is 7.72. The van der Waals surface area contributed by atoms with E-state index < -0.39 is 0 Å². The first-order chi connectivity index (χ1) is 25.5. The molecule has 53 heavy (non-hydrogen) atoms. The van der Waals surface area contributed by atoms with Crippen LogP contribution in [-0.2, 0) is 0 Å². The molecular weight excluding hydrogens is 656 g/mol. The molecule has 0 N–H and O–H groups in total. The Morgan fingerprint density at radius 3 is 1.64 bits per heavy atom. The number of fused-ring (bicyclic) bond motifs is 6. The minimum Gasteiger partial charge on any atom is -0.134 e. The molecule has 0 aromatic heterocycles. The first-order valence-electron chi connectivity index (χ1n) is 25.3. The summed E-state index contributed by atoms with van der Waals surface area (Å²) in [6.45, 7) is 26.4. The molecule has 7 aliphatic carbocycles. The molecule has 0 saturated heterocycles. The van der Waals surface area contributed by atoms with Crippen LogP contribution in [0.2, 0.25) is 0 Å². The topological polar surface area (TPSA) is 0 Å². The summed E-state index contributed by atoms with van der Waals surface area (Å²) in [7, 11) is 3.70. The van der Waals surface area contributed by atoms with Gasteiger partial charge in [-0.2, -0.15) is 0 Å². The molecule has 19 unspecified atom stereocenters. The molecule has 7 aliphatic rings. The van der Waals surface area contributed by atoms with Crippen LogP contribution in [0.3, 0.4) is 0 Å². The highest BCUT2D eigenvalue weighted by Crippen LogP contribution is 2.69. The van der Waals surface area contributed by atoms with Crippen LogP contribution in [0.1, 0.15) is 191 Å². The summed E-state index contributed by atoms with van der Waals surface area (Å²) in [4.78, 5) is 0. The van der Waals surface area contributed by atoms with Crippen LogP contribution in [0.5, 0.6) is 0 Å². The Bertz CT molecular complexity index is 1130. The van der Waals surface area contributed by atoms with E-state index in [9.17, 15) is 0 Å². The van der Waals surface area contributed by atoms with E-state index in [0.717, 1.165) is 136 Å². The fourth-order valence-electron chi connectivity index (χ4n) is 18.5. The highest BCUT2D eigenvalue weighted by molar-refractivity contribution is 7.17. The lowest BCUT2D eigenvalue weighted by Crippen LogP contribution is -2.57. The molecule has 0 spiro atoms. The van der Waals surface area contributed by atoms with Gasteiger partial charge < -0.3 is 0 Å². The standard InChI is InChI=1S/C52H93P/c1-11-33(12-2)36-25-43(34(13-3)14-4)49(32(9)10)47(26-36)50-42(31(7)8)27-45-39-24-23-35-19-15-16-20-37(35)44(39)28-46(45)52(50)51-40-22-18-17-21-38(40)41(30(5)6)29-48(51)53/h30-52H,11-29,53H2,1-10H3. The van der Waals surface area contributed by atoms with Crippen molar-refractivity contribution in [3.63, 3.8) is 0 Å². The third-order valence-electron chi connectivity index (χ3n) is 20.4. The van der Waals surface area contributed by atoms with Crippen LogP contribution in [0.25, 0.3) is 0 Å². The van der Waals surface area contributed by atoms with E-state index in [1.165, 1.54) is 51.4 Å². The lowest BCUT2D eigenvalue weighted by atomic mass is 9.44. The van der Waals surface area contributed by atoms with Gasteiger partial charge in [-0.1, -0.05) is 127 Å². The zero-order valence-electron chi connectivity index (χ0n) is 37.3. The summed E-state index contributed by atoms with van der Waals surface area (Å²) in [6, 6.07) is 0. The van der Waals surface area contributed by atoms with Gasteiger partial charge in [0.25, 0.3) is 0 Å². The van der Waals surface area contributed by atoms with Crippen molar-refractivity contribution in [1.82, 2.24) is 0 Å². The number of rotatable bonds is 11. The summed E-state index contributed by atoms with van der Waals surface area (Å²) in [5.41, 5.74) is 0.844. The van der Waals surface area contributed by atoms with Crippen LogP contribution in [0, 0.1) is 130 Å². The molecule has 1 heteroatoms. The molecule has 0 nitrogen and oxygen atoms in total. The SMILES string of the molecule is CCC(CC)C1CC(C(CC)CC)C(C(C)C)C(C2C(C(C)C)CC3C4CCC5CCCCC5C4CC3C2C2C(P)CC(C(C)C)C3CCCCC32)C1. The Morgan fingerprint density at radius 2 is 1.02 bits per heavy atom. The Hall–Kier alpha value is 0.430. The summed E-state index contributed by atoms with van der Waals surface area (Å²) >= 11 is 0. The summed E-state index contributed by atoms with van der Waals surface area (Å²) in [5, 5.41) is 0. The van der Waals surface area contributed by atoms with Crippen molar-refractivity contribution >= 4 is 9.24 Å². The molecule has 0 aliphatic heterocycles. The highest BCUT2D eigenvalue weighted by atomic mass is 31.0. The Labute approximate surface area is 335 Å².